The number of nitrogens with zero attached hydrogens (tertiary/aromatic N) is 5. The van der Waals surface area contributed by atoms with Crippen LogP contribution in [-0.4, -0.2) is 31.1 Å². The Morgan fingerprint density at radius 2 is 2.05 bits per heavy atom. The second-order valence-corrected chi connectivity index (χ2v) is 4.89. The number of nitrogens with one attached hydrogen (secondary N) is 1. The summed E-state index contributed by atoms with van der Waals surface area (Å²) in [7, 11) is 0. The number of rotatable bonds is 7. The first-order valence-electron chi connectivity index (χ1n) is 7.02. The van der Waals surface area contributed by atoms with Gasteiger partial charge in [0.15, 0.2) is 5.82 Å². The fourth-order valence-corrected chi connectivity index (χ4v) is 2.38. The third kappa shape index (κ3) is 3.19. The molecular weight excluding hydrogens is 276 g/mol. The van der Waals surface area contributed by atoms with Crippen LogP contribution >= 0.6 is 11.6 Å². The lowest BCUT2D eigenvalue weighted by Gasteiger charge is -2.05. The molecule has 2 aromatic heterocycles. The van der Waals surface area contributed by atoms with Gasteiger partial charge in [-0.15, -0.1) is 0 Å². The molecule has 0 spiro atoms. The summed E-state index contributed by atoms with van der Waals surface area (Å²) in [6.45, 7) is 9.16. The molecule has 0 radical (unpaired) electrons. The van der Waals surface area contributed by atoms with Crippen molar-refractivity contribution in [3.63, 3.8) is 0 Å². The summed E-state index contributed by atoms with van der Waals surface area (Å²) < 4.78 is 3.74. The fourth-order valence-electron chi connectivity index (χ4n) is 2.05. The Morgan fingerprint density at radius 3 is 2.70 bits per heavy atom. The van der Waals surface area contributed by atoms with Gasteiger partial charge in [-0.3, -0.25) is 4.68 Å². The second-order valence-electron chi connectivity index (χ2n) is 4.52. The van der Waals surface area contributed by atoms with E-state index < -0.39 is 0 Å². The molecule has 0 aliphatic carbocycles. The average Bonchev–Trinajstić information content (AvgIpc) is 3.03. The van der Waals surface area contributed by atoms with Gasteiger partial charge in [0, 0.05) is 6.54 Å². The molecule has 1 N–H and O–H groups in total. The molecule has 7 heteroatoms. The summed E-state index contributed by atoms with van der Waals surface area (Å²) in [5, 5.41) is 12.9. The molecule has 20 heavy (non-hydrogen) atoms. The second kappa shape index (κ2) is 6.85. The number of halogens is 1. The van der Waals surface area contributed by atoms with Crippen LogP contribution in [0.3, 0.4) is 0 Å². The smallest absolute Gasteiger partial charge is 0.164 e. The van der Waals surface area contributed by atoms with Gasteiger partial charge in [-0.05, 0) is 19.9 Å². The van der Waals surface area contributed by atoms with Crippen molar-refractivity contribution in [2.45, 2.75) is 46.8 Å². The highest BCUT2D eigenvalue weighted by Gasteiger charge is 2.15. The van der Waals surface area contributed by atoms with Gasteiger partial charge in [-0.1, -0.05) is 25.4 Å². The van der Waals surface area contributed by atoms with Crippen molar-refractivity contribution in [2.24, 2.45) is 0 Å². The Balaban J connectivity index is 2.16. The lowest BCUT2D eigenvalue weighted by molar-refractivity contribution is 0.567. The third-order valence-corrected chi connectivity index (χ3v) is 3.56. The zero-order valence-corrected chi connectivity index (χ0v) is 13.0. The van der Waals surface area contributed by atoms with Gasteiger partial charge in [-0.25, -0.2) is 9.67 Å². The highest BCUT2D eigenvalue weighted by molar-refractivity contribution is 6.31. The van der Waals surface area contributed by atoms with Gasteiger partial charge < -0.3 is 5.32 Å². The van der Waals surface area contributed by atoms with E-state index in [2.05, 4.69) is 41.3 Å². The maximum absolute atomic E-state index is 6.39. The third-order valence-electron chi connectivity index (χ3n) is 3.12. The molecule has 0 saturated heterocycles. The summed E-state index contributed by atoms with van der Waals surface area (Å²) in [4.78, 5) is 4.28. The first-order chi connectivity index (χ1) is 9.69. The van der Waals surface area contributed by atoms with Crippen molar-refractivity contribution >= 4 is 11.6 Å². The zero-order chi connectivity index (χ0) is 14.5. The molecule has 0 atom stereocenters. The van der Waals surface area contributed by atoms with Gasteiger partial charge in [-0.2, -0.15) is 10.2 Å². The van der Waals surface area contributed by atoms with Crippen molar-refractivity contribution in [3.05, 3.63) is 28.6 Å². The van der Waals surface area contributed by atoms with Crippen molar-refractivity contribution < 1.29 is 0 Å². The molecule has 0 saturated carbocycles. The van der Waals surface area contributed by atoms with E-state index in [1.54, 1.807) is 11.0 Å². The Bertz CT molecular complexity index is 559. The molecule has 0 aliphatic rings. The minimum Gasteiger partial charge on any atom is -0.310 e. The monoisotopic (exact) mass is 296 g/mol. The van der Waals surface area contributed by atoms with Crippen molar-refractivity contribution in [1.82, 2.24) is 29.9 Å². The summed E-state index contributed by atoms with van der Waals surface area (Å²) in [5.74, 6) is 0.793. The molecule has 0 bridgehead atoms. The Morgan fingerprint density at radius 1 is 1.25 bits per heavy atom. The lowest BCUT2D eigenvalue weighted by atomic mass is 10.3. The molecular formula is C13H21ClN6. The summed E-state index contributed by atoms with van der Waals surface area (Å²) in [6, 6.07) is 0. The molecule has 0 amide bonds. The maximum Gasteiger partial charge on any atom is 0.164 e. The molecule has 0 aromatic carbocycles. The van der Waals surface area contributed by atoms with E-state index in [-0.39, 0.29) is 0 Å². The molecule has 2 heterocycles. The fraction of sp³-hybridized carbons (Fsp3) is 0.615. The minimum atomic E-state index is 0.596. The van der Waals surface area contributed by atoms with E-state index in [1.165, 1.54) is 0 Å². The summed E-state index contributed by atoms with van der Waals surface area (Å²) in [6.07, 6.45) is 2.57. The maximum atomic E-state index is 6.39. The minimum absolute atomic E-state index is 0.596. The van der Waals surface area contributed by atoms with E-state index in [9.17, 15) is 0 Å². The van der Waals surface area contributed by atoms with Gasteiger partial charge >= 0.3 is 0 Å². The number of hydrogen-bond acceptors (Lipinski definition) is 4. The average molecular weight is 297 g/mol. The molecule has 2 aromatic rings. The Kier molecular flexibility index (Phi) is 5.14. The molecule has 110 valence electrons. The van der Waals surface area contributed by atoms with Crippen LogP contribution in [0.5, 0.6) is 0 Å². The van der Waals surface area contributed by atoms with Crippen molar-refractivity contribution in [1.29, 1.82) is 0 Å². The van der Waals surface area contributed by atoms with Gasteiger partial charge in [0.05, 0.1) is 29.5 Å². The highest BCUT2D eigenvalue weighted by atomic mass is 35.5. The zero-order valence-electron chi connectivity index (χ0n) is 12.2. The number of aromatic nitrogens is 5. The van der Waals surface area contributed by atoms with Gasteiger partial charge in [0.25, 0.3) is 0 Å². The topological polar surface area (TPSA) is 60.6 Å². The van der Waals surface area contributed by atoms with Crippen LogP contribution in [0.25, 0.3) is 0 Å². The molecule has 2 rings (SSSR count). The van der Waals surface area contributed by atoms with Crippen LogP contribution in [0.1, 0.15) is 38.0 Å². The van der Waals surface area contributed by atoms with Crippen molar-refractivity contribution in [3.8, 4) is 0 Å². The standard InChI is InChI=1S/C13H21ClN6/c1-4-10-13(14)11(20(6-3)17-10)8-19-9-16-12(18-19)7-15-5-2/h9,15H,4-8H2,1-3H3. The van der Waals surface area contributed by atoms with E-state index in [0.717, 1.165) is 41.7 Å². The lowest BCUT2D eigenvalue weighted by Crippen LogP contribution is -2.14. The van der Waals surface area contributed by atoms with Gasteiger partial charge in [0.2, 0.25) is 0 Å². The highest BCUT2D eigenvalue weighted by Crippen LogP contribution is 2.22. The van der Waals surface area contributed by atoms with Crippen LogP contribution in [0.2, 0.25) is 5.02 Å². The molecule has 0 fully saturated rings. The van der Waals surface area contributed by atoms with Crippen LogP contribution in [0.15, 0.2) is 6.33 Å². The predicted molar refractivity (Wildman–Crippen MR) is 78.8 cm³/mol. The van der Waals surface area contributed by atoms with Crippen LogP contribution in [0.4, 0.5) is 0 Å². The molecule has 0 unspecified atom stereocenters. The SMILES string of the molecule is CCNCc1ncn(Cc2c(Cl)c(CC)nn2CC)n1. The van der Waals surface area contributed by atoms with E-state index in [4.69, 9.17) is 11.6 Å². The van der Waals surface area contributed by atoms with E-state index in [1.807, 2.05) is 4.68 Å². The van der Waals surface area contributed by atoms with Gasteiger partial charge in [0.1, 0.15) is 6.33 Å². The number of hydrogen-bond donors (Lipinski definition) is 1. The summed E-state index contributed by atoms with van der Waals surface area (Å²) >= 11 is 6.39. The van der Waals surface area contributed by atoms with Crippen LogP contribution in [0, 0.1) is 0 Å². The van der Waals surface area contributed by atoms with E-state index >= 15 is 0 Å². The molecule has 0 aliphatic heterocycles. The van der Waals surface area contributed by atoms with E-state index in [0.29, 0.717) is 13.1 Å². The first-order valence-corrected chi connectivity index (χ1v) is 7.40. The Labute approximate surface area is 124 Å². The predicted octanol–water partition coefficient (Wildman–Crippen LogP) is 1.87. The van der Waals surface area contributed by atoms with Crippen LogP contribution < -0.4 is 5.32 Å². The largest absolute Gasteiger partial charge is 0.310 e. The first kappa shape index (κ1) is 15.0. The van der Waals surface area contributed by atoms with Crippen LogP contribution in [-0.2, 0) is 26.1 Å². The molecule has 6 nitrogen and oxygen atoms in total. The van der Waals surface area contributed by atoms with Crippen molar-refractivity contribution in [2.75, 3.05) is 6.54 Å². The quantitative estimate of drug-likeness (QED) is 0.847. The Hall–Kier alpha value is -1.40. The number of aryl methyl sites for hydroxylation is 2. The summed E-state index contributed by atoms with van der Waals surface area (Å²) in [5.41, 5.74) is 1.93. The normalized spacial score (nSPS) is 11.2.